The number of halogens is 1. The first-order valence-corrected chi connectivity index (χ1v) is 9.22. The van der Waals surface area contributed by atoms with Gasteiger partial charge in [-0.3, -0.25) is 14.0 Å². The van der Waals surface area contributed by atoms with Gasteiger partial charge in [0.1, 0.15) is 18.2 Å². The van der Waals surface area contributed by atoms with Gasteiger partial charge < -0.3 is 10.1 Å². The molecule has 0 aliphatic heterocycles. The maximum absolute atomic E-state index is 13.2. The Kier molecular flexibility index (Phi) is 4.86. The van der Waals surface area contributed by atoms with Gasteiger partial charge in [0.2, 0.25) is 0 Å². The molecule has 0 aliphatic carbocycles. The number of thiazole rings is 1. The van der Waals surface area contributed by atoms with Crippen molar-refractivity contribution in [2.24, 2.45) is 0 Å². The number of nitrogens with zero attached hydrogens (tertiary/aromatic N) is 2. The number of anilines is 1. The minimum Gasteiger partial charge on any atom is -0.487 e. The van der Waals surface area contributed by atoms with Crippen LogP contribution in [0.4, 0.5) is 10.1 Å². The van der Waals surface area contributed by atoms with Gasteiger partial charge in [-0.15, -0.1) is 11.3 Å². The number of carbonyl (C=O) groups is 1. The molecule has 4 aromatic rings. The molecule has 6 nitrogen and oxygen atoms in total. The van der Waals surface area contributed by atoms with Crippen LogP contribution in [-0.4, -0.2) is 15.3 Å². The van der Waals surface area contributed by atoms with Crippen LogP contribution < -0.4 is 15.6 Å². The Labute approximate surface area is 162 Å². The zero-order chi connectivity index (χ0) is 19.5. The SMILES string of the molecule is O=C(Nc1ccc(OCc2cc(=O)n3ccsc3n2)cc1)c1cccc(F)c1. The number of carbonyl (C=O) groups excluding carboxylic acids is 1. The molecule has 0 saturated carbocycles. The summed E-state index contributed by atoms with van der Waals surface area (Å²) in [5, 5.41) is 4.49. The molecule has 2 heterocycles. The normalized spacial score (nSPS) is 10.8. The van der Waals surface area contributed by atoms with E-state index in [1.165, 1.54) is 46.1 Å². The number of aromatic nitrogens is 2. The Morgan fingerprint density at radius 3 is 2.79 bits per heavy atom. The highest BCUT2D eigenvalue weighted by atomic mass is 32.1. The zero-order valence-electron chi connectivity index (χ0n) is 14.5. The van der Waals surface area contributed by atoms with Crippen LogP contribution in [-0.2, 0) is 6.61 Å². The fourth-order valence-electron chi connectivity index (χ4n) is 2.59. The molecule has 1 amide bonds. The first kappa shape index (κ1) is 17.9. The molecule has 0 spiro atoms. The summed E-state index contributed by atoms with van der Waals surface area (Å²) < 4.78 is 20.4. The molecule has 1 N–H and O–H groups in total. The number of hydrogen-bond donors (Lipinski definition) is 1. The molecule has 2 aromatic heterocycles. The number of hydrogen-bond acceptors (Lipinski definition) is 5. The Hall–Kier alpha value is -3.52. The number of rotatable bonds is 5. The lowest BCUT2D eigenvalue weighted by Gasteiger charge is -2.08. The second kappa shape index (κ2) is 7.61. The van der Waals surface area contributed by atoms with Crippen molar-refractivity contribution in [1.29, 1.82) is 0 Å². The molecular weight excluding hydrogens is 381 g/mol. The number of ether oxygens (including phenoxy) is 1. The first-order chi connectivity index (χ1) is 13.6. The lowest BCUT2D eigenvalue weighted by Crippen LogP contribution is -2.14. The van der Waals surface area contributed by atoms with E-state index in [4.69, 9.17) is 4.74 Å². The molecule has 140 valence electrons. The van der Waals surface area contributed by atoms with Crippen LogP contribution in [0.3, 0.4) is 0 Å². The summed E-state index contributed by atoms with van der Waals surface area (Å²) in [7, 11) is 0. The number of nitrogens with one attached hydrogen (secondary N) is 1. The fraction of sp³-hybridized carbons (Fsp3) is 0.0500. The first-order valence-electron chi connectivity index (χ1n) is 8.34. The van der Waals surface area contributed by atoms with Crippen LogP contribution in [0.15, 0.2) is 71.0 Å². The van der Waals surface area contributed by atoms with Crippen LogP contribution in [0.2, 0.25) is 0 Å². The third kappa shape index (κ3) is 3.91. The standard InChI is InChI=1S/C20H14FN3O3S/c21-14-3-1-2-13(10-14)19(26)22-15-4-6-17(7-5-15)27-12-16-11-18(25)24-8-9-28-20(24)23-16/h1-11H,12H2,(H,22,26). The monoisotopic (exact) mass is 395 g/mol. The predicted molar refractivity (Wildman–Crippen MR) is 104 cm³/mol. The largest absolute Gasteiger partial charge is 0.487 e. The van der Waals surface area contributed by atoms with Crippen molar-refractivity contribution >= 4 is 27.9 Å². The van der Waals surface area contributed by atoms with E-state index in [2.05, 4.69) is 10.3 Å². The van der Waals surface area contributed by atoms with Crippen LogP contribution in [0, 0.1) is 5.82 Å². The van der Waals surface area contributed by atoms with Gasteiger partial charge in [0.15, 0.2) is 4.96 Å². The van der Waals surface area contributed by atoms with Crippen molar-refractivity contribution < 1.29 is 13.9 Å². The van der Waals surface area contributed by atoms with Crippen molar-refractivity contribution in [3.05, 3.63) is 93.6 Å². The summed E-state index contributed by atoms with van der Waals surface area (Å²) in [5.41, 5.74) is 1.18. The topological polar surface area (TPSA) is 72.7 Å². The lowest BCUT2D eigenvalue weighted by atomic mass is 10.2. The summed E-state index contributed by atoms with van der Waals surface area (Å²) >= 11 is 1.38. The fourth-order valence-corrected chi connectivity index (χ4v) is 3.33. The third-order valence-electron chi connectivity index (χ3n) is 3.94. The number of fused-ring (bicyclic) bond motifs is 1. The van der Waals surface area contributed by atoms with Gasteiger partial charge in [0.05, 0.1) is 5.69 Å². The molecule has 2 aromatic carbocycles. The summed E-state index contributed by atoms with van der Waals surface area (Å²) in [4.78, 5) is 29.1. The van der Waals surface area contributed by atoms with E-state index in [-0.39, 0.29) is 17.7 Å². The number of amides is 1. The van der Waals surface area contributed by atoms with Gasteiger partial charge in [-0.25, -0.2) is 9.37 Å². The summed E-state index contributed by atoms with van der Waals surface area (Å²) in [6.07, 6.45) is 1.68. The molecule has 28 heavy (non-hydrogen) atoms. The molecule has 0 fully saturated rings. The third-order valence-corrected chi connectivity index (χ3v) is 4.70. The Balaban J connectivity index is 1.40. The van der Waals surface area contributed by atoms with Gasteiger partial charge >= 0.3 is 0 Å². The lowest BCUT2D eigenvalue weighted by molar-refractivity contribution is 0.102. The Morgan fingerprint density at radius 2 is 2.00 bits per heavy atom. The highest BCUT2D eigenvalue weighted by molar-refractivity contribution is 7.15. The van der Waals surface area contributed by atoms with Crippen LogP contribution in [0.1, 0.15) is 16.1 Å². The second-order valence-corrected chi connectivity index (χ2v) is 6.79. The maximum atomic E-state index is 13.2. The molecule has 0 unspecified atom stereocenters. The number of benzene rings is 2. The van der Waals surface area contributed by atoms with Gasteiger partial charge in [-0.05, 0) is 42.5 Å². The van der Waals surface area contributed by atoms with Gasteiger partial charge in [-0.2, -0.15) is 0 Å². The van der Waals surface area contributed by atoms with Crippen molar-refractivity contribution in [2.75, 3.05) is 5.32 Å². The summed E-state index contributed by atoms with van der Waals surface area (Å²) in [5.74, 6) is -0.301. The van der Waals surface area contributed by atoms with Crippen LogP contribution >= 0.6 is 11.3 Å². The highest BCUT2D eigenvalue weighted by Gasteiger charge is 2.08. The van der Waals surface area contributed by atoms with E-state index in [0.29, 0.717) is 22.1 Å². The molecule has 0 saturated heterocycles. The minimum absolute atomic E-state index is 0.151. The molecule has 0 atom stereocenters. The van der Waals surface area contributed by atoms with E-state index in [1.54, 1.807) is 35.8 Å². The molecule has 0 bridgehead atoms. The maximum Gasteiger partial charge on any atom is 0.258 e. The van der Waals surface area contributed by atoms with E-state index in [1.807, 2.05) is 0 Å². The predicted octanol–water partition coefficient (Wildman–Crippen LogP) is 3.73. The minimum atomic E-state index is -0.467. The average Bonchev–Trinajstić information content (AvgIpc) is 3.17. The molecular formula is C20H14FN3O3S. The van der Waals surface area contributed by atoms with Crippen molar-refractivity contribution in [3.8, 4) is 5.75 Å². The molecule has 0 radical (unpaired) electrons. The Bertz CT molecular complexity index is 1200. The van der Waals surface area contributed by atoms with Gasteiger partial charge in [-0.1, -0.05) is 6.07 Å². The summed E-state index contributed by atoms with van der Waals surface area (Å²) in [6.45, 7) is 0.151. The van der Waals surface area contributed by atoms with Crippen molar-refractivity contribution in [3.63, 3.8) is 0 Å². The van der Waals surface area contributed by atoms with Gasteiger partial charge in [0.25, 0.3) is 11.5 Å². The van der Waals surface area contributed by atoms with E-state index < -0.39 is 11.7 Å². The highest BCUT2D eigenvalue weighted by Crippen LogP contribution is 2.18. The quantitative estimate of drug-likeness (QED) is 0.559. The second-order valence-electron chi connectivity index (χ2n) is 5.92. The average molecular weight is 395 g/mol. The van der Waals surface area contributed by atoms with Crippen LogP contribution in [0.25, 0.3) is 4.96 Å². The smallest absolute Gasteiger partial charge is 0.258 e. The van der Waals surface area contributed by atoms with Crippen LogP contribution in [0.5, 0.6) is 5.75 Å². The molecule has 0 aliphatic rings. The molecule has 8 heteroatoms. The van der Waals surface area contributed by atoms with Crippen molar-refractivity contribution in [2.45, 2.75) is 6.61 Å². The van der Waals surface area contributed by atoms with E-state index in [9.17, 15) is 14.0 Å². The van der Waals surface area contributed by atoms with Crippen molar-refractivity contribution in [1.82, 2.24) is 9.38 Å². The molecule has 4 rings (SSSR count). The zero-order valence-corrected chi connectivity index (χ0v) is 15.3. The van der Waals surface area contributed by atoms with Gasteiger partial charge in [0, 0.05) is 28.9 Å². The Morgan fingerprint density at radius 1 is 1.18 bits per heavy atom. The summed E-state index contributed by atoms with van der Waals surface area (Å²) in [6, 6.07) is 13.6. The van der Waals surface area contributed by atoms with E-state index in [0.717, 1.165) is 0 Å². The van der Waals surface area contributed by atoms with E-state index >= 15 is 0 Å².